The maximum Gasteiger partial charge on any atom is 0.270 e. The molecule has 2 aromatic carbocycles. The summed E-state index contributed by atoms with van der Waals surface area (Å²) in [7, 11) is 0. The van der Waals surface area contributed by atoms with Crippen LogP contribution in [0.15, 0.2) is 70.7 Å². The molecule has 0 bridgehead atoms. The van der Waals surface area contributed by atoms with Crippen LogP contribution >= 0.6 is 12.2 Å². The summed E-state index contributed by atoms with van der Waals surface area (Å²) in [6, 6.07) is 15.8. The quantitative estimate of drug-likeness (QED) is 0.289. The maximum atomic E-state index is 14.2. The monoisotopic (exact) mass is 434 g/mol. The number of carbonyl (C=O) groups is 3. The number of ketones is 1. The van der Waals surface area contributed by atoms with E-state index in [0.717, 1.165) is 10.5 Å². The highest BCUT2D eigenvalue weighted by Gasteiger charge is 2.35. The molecule has 1 saturated heterocycles. The molecule has 1 aliphatic heterocycles. The number of thiocarbonyl (C=S) groups is 1. The first-order valence-electron chi connectivity index (χ1n) is 9.22. The molecule has 1 fully saturated rings. The third kappa shape index (κ3) is 3.93. The average molecular weight is 434 g/mol. The molecule has 2 amide bonds. The summed E-state index contributed by atoms with van der Waals surface area (Å²) in [5, 5.41) is 2.19. The Balaban J connectivity index is 1.65. The first-order valence-corrected chi connectivity index (χ1v) is 9.63. The van der Waals surface area contributed by atoms with Crippen molar-refractivity contribution in [3.05, 3.63) is 83.4 Å². The Kier molecular flexibility index (Phi) is 5.31. The Morgan fingerprint density at radius 3 is 2.45 bits per heavy atom. The smallest absolute Gasteiger partial charge is 0.270 e. The minimum absolute atomic E-state index is 0.0458. The number of anilines is 1. The predicted molar refractivity (Wildman–Crippen MR) is 117 cm³/mol. The van der Waals surface area contributed by atoms with Crippen LogP contribution in [0.25, 0.3) is 17.4 Å². The van der Waals surface area contributed by atoms with Crippen molar-refractivity contribution < 1.29 is 23.2 Å². The zero-order valence-corrected chi connectivity index (χ0v) is 17.0. The second-order valence-corrected chi connectivity index (χ2v) is 7.13. The van der Waals surface area contributed by atoms with Gasteiger partial charge >= 0.3 is 0 Å². The maximum absolute atomic E-state index is 14.2. The van der Waals surface area contributed by atoms with Gasteiger partial charge in [-0.2, -0.15) is 0 Å². The van der Waals surface area contributed by atoms with Crippen molar-refractivity contribution in [2.75, 3.05) is 4.90 Å². The van der Waals surface area contributed by atoms with E-state index in [2.05, 4.69) is 5.32 Å². The number of Topliss-reactive ketones (excluding diaryl/α,β-unsaturated/α-hetero) is 1. The topological polar surface area (TPSA) is 79.6 Å². The standard InChI is InChI=1S/C23H15FN2O4S/c1-13(27)14-6-8-15(9-7-14)20-11-10-16(30-20)12-17-21(28)25-23(31)26(22(17)29)19-5-3-2-4-18(19)24/h2-12H,1H3,(H,25,28,31)/b17-12-. The lowest BCUT2D eigenvalue weighted by molar-refractivity contribution is -0.122. The molecule has 31 heavy (non-hydrogen) atoms. The molecule has 3 aromatic rings. The minimum atomic E-state index is -0.761. The highest BCUT2D eigenvalue weighted by Crippen LogP contribution is 2.27. The van der Waals surface area contributed by atoms with Crippen molar-refractivity contribution in [1.29, 1.82) is 0 Å². The van der Waals surface area contributed by atoms with Gasteiger partial charge in [-0.05, 0) is 49.5 Å². The summed E-state index contributed by atoms with van der Waals surface area (Å²) < 4.78 is 20.0. The largest absolute Gasteiger partial charge is 0.457 e. The van der Waals surface area contributed by atoms with Gasteiger partial charge in [-0.15, -0.1) is 0 Å². The lowest BCUT2D eigenvalue weighted by Gasteiger charge is -2.28. The fraction of sp³-hybridized carbons (Fsp3) is 0.0435. The molecule has 6 nitrogen and oxygen atoms in total. The van der Waals surface area contributed by atoms with Gasteiger partial charge in [0, 0.05) is 11.1 Å². The molecule has 0 spiro atoms. The van der Waals surface area contributed by atoms with E-state index in [4.69, 9.17) is 16.6 Å². The minimum Gasteiger partial charge on any atom is -0.457 e. The van der Waals surface area contributed by atoms with Gasteiger partial charge in [-0.3, -0.25) is 19.7 Å². The van der Waals surface area contributed by atoms with Gasteiger partial charge in [-0.1, -0.05) is 36.4 Å². The fourth-order valence-electron chi connectivity index (χ4n) is 3.11. The molecule has 0 radical (unpaired) electrons. The number of para-hydroxylation sites is 1. The van der Waals surface area contributed by atoms with Crippen molar-refractivity contribution in [3.8, 4) is 11.3 Å². The molecule has 1 aromatic heterocycles. The summed E-state index contributed by atoms with van der Waals surface area (Å²) in [6.45, 7) is 1.48. The zero-order valence-electron chi connectivity index (χ0n) is 16.2. The molecule has 0 saturated carbocycles. The van der Waals surface area contributed by atoms with Crippen molar-refractivity contribution in [1.82, 2.24) is 5.32 Å². The predicted octanol–water partition coefficient (Wildman–Crippen LogP) is 4.12. The van der Waals surface area contributed by atoms with Crippen molar-refractivity contribution in [2.24, 2.45) is 0 Å². The summed E-state index contributed by atoms with van der Waals surface area (Å²) in [4.78, 5) is 37.7. The van der Waals surface area contributed by atoms with Crippen molar-refractivity contribution in [3.63, 3.8) is 0 Å². The molecule has 4 rings (SSSR count). The van der Waals surface area contributed by atoms with E-state index in [0.29, 0.717) is 11.3 Å². The number of nitrogens with zero attached hydrogens (tertiary/aromatic N) is 1. The number of hydrogen-bond donors (Lipinski definition) is 1. The number of carbonyl (C=O) groups excluding carboxylic acids is 3. The molecule has 0 unspecified atom stereocenters. The summed E-state index contributed by atoms with van der Waals surface area (Å²) in [5.74, 6) is -1.41. The Hall–Kier alpha value is -3.91. The molecule has 1 N–H and O–H groups in total. The van der Waals surface area contributed by atoms with Gasteiger partial charge in [0.25, 0.3) is 11.8 Å². The van der Waals surface area contributed by atoms with Crippen LogP contribution < -0.4 is 10.2 Å². The highest BCUT2D eigenvalue weighted by molar-refractivity contribution is 7.80. The average Bonchev–Trinajstić information content (AvgIpc) is 3.21. The first kappa shape index (κ1) is 20.4. The lowest BCUT2D eigenvalue weighted by atomic mass is 10.1. The van der Waals surface area contributed by atoms with Crippen LogP contribution in [0.4, 0.5) is 10.1 Å². The Morgan fingerprint density at radius 1 is 1.06 bits per heavy atom. The SMILES string of the molecule is CC(=O)c1ccc(-c2ccc(/C=C3/C(=O)NC(=S)N(c4ccccc4F)C3=O)o2)cc1. The zero-order chi connectivity index (χ0) is 22.1. The fourth-order valence-corrected chi connectivity index (χ4v) is 3.38. The third-order valence-corrected chi connectivity index (χ3v) is 4.97. The Labute approximate surface area is 182 Å². The number of benzene rings is 2. The van der Waals surface area contributed by atoms with Crippen LogP contribution in [0.3, 0.4) is 0 Å². The van der Waals surface area contributed by atoms with Gasteiger partial charge in [0.1, 0.15) is 22.9 Å². The summed E-state index contributed by atoms with van der Waals surface area (Å²) in [5.41, 5.74) is 0.994. The van der Waals surface area contributed by atoms with E-state index in [1.54, 1.807) is 42.5 Å². The van der Waals surface area contributed by atoms with E-state index in [9.17, 15) is 18.8 Å². The van der Waals surface area contributed by atoms with Crippen LogP contribution in [0.2, 0.25) is 0 Å². The van der Waals surface area contributed by atoms with Crippen molar-refractivity contribution >= 4 is 46.7 Å². The van der Waals surface area contributed by atoms with Gasteiger partial charge in [0.15, 0.2) is 10.9 Å². The number of hydrogen-bond acceptors (Lipinski definition) is 5. The van der Waals surface area contributed by atoms with Crippen LogP contribution in [0.1, 0.15) is 23.0 Å². The number of furan rings is 1. The van der Waals surface area contributed by atoms with Gasteiger partial charge in [0.2, 0.25) is 0 Å². The number of halogens is 1. The van der Waals surface area contributed by atoms with E-state index in [1.807, 2.05) is 0 Å². The van der Waals surface area contributed by atoms with Crippen molar-refractivity contribution in [2.45, 2.75) is 6.92 Å². The second kappa shape index (κ2) is 8.08. The van der Waals surface area contributed by atoms with Gasteiger partial charge < -0.3 is 4.42 Å². The van der Waals surface area contributed by atoms with Gasteiger partial charge in [0.05, 0.1) is 5.69 Å². The molecule has 0 aliphatic carbocycles. The molecule has 8 heteroatoms. The molecule has 1 aliphatic rings. The molecule has 154 valence electrons. The molecule has 0 atom stereocenters. The third-order valence-electron chi connectivity index (χ3n) is 4.68. The van der Waals surface area contributed by atoms with Crippen LogP contribution in [-0.4, -0.2) is 22.7 Å². The number of nitrogens with one attached hydrogen (secondary N) is 1. The number of rotatable bonds is 4. The highest BCUT2D eigenvalue weighted by atomic mass is 32.1. The molecular weight excluding hydrogens is 419 g/mol. The van der Waals surface area contributed by atoms with E-state index < -0.39 is 17.6 Å². The summed E-state index contributed by atoms with van der Waals surface area (Å²) >= 11 is 5.07. The van der Waals surface area contributed by atoms with Crippen LogP contribution in [0.5, 0.6) is 0 Å². The van der Waals surface area contributed by atoms with E-state index in [-0.39, 0.29) is 27.9 Å². The molecular formula is C23H15FN2O4S. The van der Waals surface area contributed by atoms with E-state index in [1.165, 1.54) is 31.2 Å². The van der Waals surface area contributed by atoms with Crippen LogP contribution in [0, 0.1) is 5.82 Å². The normalized spacial score (nSPS) is 15.4. The lowest BCUT2D eigenvalue weighted by Crippen LogP contribution is -2.54. The molecule has 2 heterocycles. The summed E-state index contributed by atoms with van der Waals surface area (Å²) in [6.07, 6.45) is 1.28. The second-order valence-electron chi connectivity index (χ2n) is 6.74. The Bertz CT molecular complexity index is 1260. The Morgan fingerprint density at radius 2 is 1.77 bits per heavy atom. The number of amides is 2. The van der Waals surface area contributed by atoms with Gasteiger partial charge in [-0.25, -0.2) is 9.29 Å². The van der Waals surface area contributed by atoms with E-state index >= 15 is 0 Å². The first-order chi connectivity index (χ1) is 14.8. The van der Waals surface area contributed by atoms with Crippen LogP contribution in [-0.2, 0) is 9.59 Å².